The lowest BCUT2D eigenvalue weighted by atomic mass is 10.0. The highest BCUT2D eigenvalue weighted by atomic mass is 16.5. The Morgan fingerprint density at radius 1 is 1.31 bits per heavy atom. The molecule has 0 radical (unpaired) electrons. The van der Waals surface area contributed by atoms with Crippen molar-refractivity contribution in [3.63, 3.8) is 0 Å². The van der Waals surface area contributed by atoms with Crippen LogP contribution in [0.2, 0.25) is 0 Å². The molecule has 0 aliphatic carbocycles. The van der Waals surface area contributed by atoms with Crippen molar-refractivity contribution in [2.45, 2.75) is 38.4 Å². The van der Waals surface area contributed by atoms with Crippen molar-refractivity contribution < 1.29 is 14.3 Å². The van der Waals surface area contributed by atoms with Crippen LogP contribution in [0.15, 0.2) is 30.7 Å². The number of anilines is 1. The summed E-state index contributed by atoms with van der Waals surface area (Å²) in [5, 5.41) is 1.10. The van der Waals surface area contributed by atoms with Crippen LogP contribution in [0.25, 0.3) is 22.2 Å². The number of aromatic amines is 1. The summed E-state index contributed by atoms with van der Waals surface area (Å²) >= 11 is 0. The van der Waals surface area contributed by atoms with Crippen LogP contribution in [0.3, 0.4) is 0 Å². The van der Waals surface area contributed by atoms with Crippen LogP contribution in [0.4, 0.5) is 5.69 Å². The lowest BCUT2D eigenvalue weighted by Gasteiger charge is -2.31. The Kier molecular flexibility index (Phi) is 4.56. The maximum Gasteiger partial charge on any atom is 0.233 e. The van der Waals surface area contributed by atoms with Crippen LogP contribution in [-0.4, -0.2) is 53.3 Å². The van der Waals surface area contributed by atoms with Crippen molar-refractivity contribution in [1.82, 2.24) is 15.0 Å². The Morgan fingerprint density at radius 2 is 2.21 bits per heavy atom. The van der Waals surface area contributed by atoms with Crippen LogP contribution in [0.1, 0.15) is 24.1 Å². The topological polar surface area (TPSA) is 80.3 Å². The monoisotopic (exact) mass is 392 g/mol. The molecule has 1 saturated heterocycles. The summed E-state index contributed by atoms with van der Waals surface area (Å²) in [5.74, 6) is 0.0815. The molecule has 0 aromatic carbocycles. The van der Waals surface area contributed by atoms with Gasteiger partial charge in [0.25, 0.3) is 0 Å². The van der Waals surface area contributed by atoms with Crippen LogP contribution >= 0.6 is 0 Å². The molecule has 1 amide bonds. The third-order valence-corrected chi connectivity index (χ3v) is 6.07. The van der Waals surface area contributed by atoms with E-state index < -0.39 is 0 Å². The van der Waals surface area contributed by atoms with Gasteiger partial charge in [0.1, 0.15) is 5.65 Å². The van der Waals surface area contributed by atoms with E-state index in [1.807, 2.05) is 29.6 Å². The fourth-order valence-corrected chi connectivity index (χ4v) is 4.32. The minimum absolute atomic E-state index is 0.0274. The number of amides is 1. The number of rotatable bonds is 4. The molecule has 0 unspecified atom stereocenters. The molecule has 0 saturated carbocycles. The molecule has 150 valence electrons. The van der Waals surface area contributed by atoms with Gasteiger partial charge in [0, 0.05) is 42.2 Å². The highest BCUT2D eigenvalue weighted by Crippen LogP contribution is 2.35. The number of H-pyrrole nitrogens is 1. The van der Waals surface area contributed by atoms with Crippen LogP contribution in [-0.2, 0) is 20.7 Å². The summed E-state index contributed by atoms with van der Waals surface area (Å²) in [5.41, 5.74) is 5.75. The van der Waals surface area contributed by atoms with Crippen molar-refractivity contribution in [2.24, 2.45) is 0 Å². The average Bonchev–Trinajstić information content (AvgIpc) is 3.34. The van der Waals surface area contributed by atoms with E-state index in [2.05, 4.69) is 27.9 Å². The molecule has 3 aromatic rings. The normalized spacial score (nSPS) is 21.7. The molecule has 7 nitrogen and oxygen atoms in total. The molecule has 2 aliphatic rings. The van der Waals surface area contributed by atoms with E-state index >= 15 is 0 Å². The van der Waals surface area contributed by atoms with Gasteiger partial charge in [0.15, 0.2) is 0 Å². The summed E-state index contributed by atoms with van der Waals surface area (Å²) in [4.78, 5) is 26.8. The second-order valence-corrected chi connectivity index (χ2v) is 7.80. The van der Waals surface area contributed by atoms with Crippen molar-refractivity contribution in [3.05, 3.63) is 42.0 Å². The molecule has 29 heavy (non-hydrogen) atoms. The summed E-state index contributed by atoms with van der Waals surface area (Å²) < 4.78 is 11.3. The predicted molar refractivity (Wildman–Crippen MR) is 110 cm³/mol. The SMILES string of the molecule is CO[C@@H]1CC[C@H](CN2C(=O)Cc3ncc(-c4cnc5[nH]ccc5c4C)cc32)OC1. The lowest BCUT2D eigenvalue weighted by Crippen LogP contribution is -2.40. The maximum atomic E-state index is 12.7. The first-order valence-electron chi connectivity index (χ1n) is 10.0. The summed E-state index contributed by atoms with van der Waals surface area (Å²) in [6, 6.07) is 4.10. The van der Waals surface area contributed by atoms with Gasteiger partial charge in [-0.3, -0.25) is 9.78 Å². The molecular formula is C22H24N4O3. The highest BCUT2D eigenvalue weighted by molar-refractivity contribution is 6.01. The molecule has 0 bridgehead atoms. The fourth-order valence-electron chi connectivity index (χ4n) is 4.32. The molecule has 5 heterocycles. The minimum Gasteiger partial charge on any atom is -0.379 e. The van der Waals surface area contributed by atoms with Gasteiger partial charge in [0.2, 0.25) is 5.91 Å². The first-order valence-corrected chi connectivity index (χ1v) is 10.0. The van der Waals surface area contributed by atoms with Gasteiger partial charge < -0.3 is 19.4 Å². The number of ether oxygens (including phenoxy) is 2. The zero-order valence-electron chi connectivity index (χ0n) is 16.6. The number of carbonyl (C=O) groups excluding carboxylic acids is 1. The largest absolute Gasteiger partial charge is 0.379 e. The zero-order chi connectivity index (χ0) is 20.0. The Morgan fingerprint density at radius 3 is 3.00 bits per heavy atom. The number of nitrogens with one attached hydrogen (secondary N) is 1. The molecule has 3 aromatic heterocycles. The molecule has 1 N–H and O–H groups in total. The van der Waals surface area contributed by atoms with Crippen LogP contribution < -0.4 is 4.90 Å². The molecular weight excluding hydrogens is 368 g/mol. The Balaban J connectivity index is 1.44. The molecule has 0 spiro atoms. The highest BCUT2D eigenvalue weighted by Gasteiger charge is 2.32. The number of carbonyl (C=O) groups is 1. The third-order valence-electron chi connectivity index (χ3n) is 6.07. The smallest absolute Gasteiger partial charge is 0.233 e. The first-order chi connectivity index (χ1) is 14.1. The van der Waals surface area contributed by atoms with Gasteiger partial charge in [-0.05, 0) is 37.5 Å². The van der Waals surface area contributed by atoms with Gasteiger partial charge in [-0.25, -0.2) is 4.98 Å². The number of aryl methyl sites for hydroxylation is 1. The van der Waals surface area contributed by atoms with Crippen molar-refractivity contribution in [3.8, 4) is 11.1 Å². The molecule has 2 aliphatic heterocycles. The van der Waals surface area contributed by atoms with Gasteiger partial charge >= 0.3 is 0 Å². The number of methoxy groups -OCH3 is 1. The van der Waals surface area contributed by atoms with Crippen molar-refractivity contribution in [2.75, 3.05) is 25.2 Å². The standard InChI is InChI=1S/C22H24N4O3/c1-13-17-5-6-23-22(17)25-10-18(13)14-7-20-19(24-9-14)8-21(27)26(20)11-15-3-4-16(28-2)12-29-15/h5-7,9-10,15-16H,3-4,8,11-12H2,1-2H3,(H,23,25)/t15-,16-/m1/s1. The number of hydrogen-bond acceptors (Lipinski definition) is 5. The molecule has 1 fully saturated rings. The number of hydrogen-bond donors (Lipinski definition) is 1. The molecule has 2 atom stereocenters. The van der Waals surface area contributed by atoms with Gasteiger partial charge in [-0.2, -0.15) is 0 Å². The van der Waals surface area contributed by atoms with Crippen LogP contribution in [0.5, 0.6) is 0 Å². The Hall–Kier alpha value is -2.77. The predicted octanol–water partition coefficient (Wildman–Crippen LogP) is 3.02. The number of fused-ring (bicyclic) bond motifs is 2. The second-order valence-electron chi connectivity index (χ2n) is 7.80. The Bertz CT molecular complexity index is 1070. The first kappa shape index (κ1) is 18.3. The number of nitrogens with zero attached hydrogens (tertiary/aromatic N) is 3. The quantitative estimate of drug-likeness (QED) is 0.738. The molecule has 7 heteroatoms. The summed E-state index contributed by atoms with van der Waals surface area (Å²) in [6.45, 7) is 3.22. The van der Waals surface area contributed by atoms with Crippen molar-refractivity contribution >= 4 is 22.6 Å². The number of aromatic nitrogens is 3. The number of pyridine rings is 2. The van der Waals surface area contributed by atoms with Crippen molar-refractivity contribution in [1.29, 1.82) is 0 Å². The maximum absolute atomic E-state index is 12.7. The minimum atomic E-state index is 0.0274. The fraction of sp³-hybridized carbons (Fsp3) is 0.409. The van der Waals surface area contributed by atoms with Crippen LogP contribution in [0, 0.1) is 6.92 Å². The Labute approximate surface area is 169 Å². The van der Waals surface area contributed by atoms with E-state index in [4.69, 9.17) is 9.47 Å². The lowest BCUT2D eigenvalue weighted by molar-refractivity contribution is -0.118. The average molecular weight is 392 g/mol. The second kappa shape index (κ2) is 7.24. The van der Waals surface area contributed by atoms with E-state index in [-0.39, 0.29) is 18.1 Å². The zero-order valence-corrected chi connectivity index (χ0v) is 16.6. The van der Waals surface area contributed by atoms with E-state index in [0.29, 0.717) is 19.6 Å². The summed E-state index contributed by atoms with van der Waals surface area (Å²) in [7, 11) is 1.71. The van der Waals surface area contributed by atoms with Gasteiger partial charge in [-0.15, -0.1) is 0 Å². The third kappa shape index (κ3) is 3.20. The van der Waals surface area contributed by atoms with E-state index in [0.717, 1.165) is 51.9 Å². The summed E-state index contributed by atoms with van der Waals surface area (Å²) in [6.07, 6.45) is 7.98. The van der Waals surface area contributed by atoms with Gasteiger partial charge in [0.05, 0.1) is 43.2 Å². The van der Waals surface area contributed by atoms with E-state index in [9.17, 15) is 4.79 Å². The van der Waals surface area contributed by atoms with E-state index in [1.165, 1.54) is 0 Å². The van der Waals surface area contributed by atoms with Gasteiger partial charge in [-0.1, -0.05) is 0 Å². The molecule has 5 rings (SSSR count). The van der Waals surface area contributed by atoms with E-state index in [1.54, 1.807) is 7.11 Å².